The molecule has 0 radical (unpaired) electrons. The molecule has 0 saturated heterocycles. The summed E-state index contributed by atoms with van der Waals surface area (Å²) in [5, 5.41) is 23.1. The van der Waals surface area contributed by atoms with Gasteiger partial charge in [-0.05, 0) is 32.1 Å². The molecule has 0 fully saturated rings. The van der Waals surface area contributed by atoms with Gasteiger partial charge in [0.2, 0.25) is 5.91 Å². The van der Waals surface area contributed by atoms with E-state index in [0.29, 0.717) is 19.4 Å². The first kappa shape index (κ1) is 78.6. The Morgan fingerprint density at radius 2 is 0.575 bits per heavy atom. The number of carbonyl (C=O) groups is 2. The molecule has 0 aromatic rings. The summed E-state index contributed by atoms with van der Waals surface area (Å²) in [6, 6.07) is -0.621. The summed E-state index contributed by atoms with van der Waals surface area (Å²) in [6.45, 7) is 4.93. The fraction of sp³-hybridized carbons (Fsp3) is 0.946. The van der Waals surface area contributed by atoms with Crippen molar-refractivity contribution < 1.29 is 24.5 Å². The number of hydrogen-bond acceptors (Lipinski definition) is 5. The number of ether oxygens (including phenoxy) is 1. The molecule has 2 unspecified atom stereocenters. The van der Waals surface area contributed by atoms with E-state index in [2.05, 4.69) is 19.2 Å². The minimum atomic E-state index is -0.838. The average Bonchev–Trinajstić information content (AvgIpc) is 3.46. The van der Waals surface area contributed by atoms with Crippen LogP contribution >= 0.6 is 0 Å². The SMILES string of the molecule is CCCCCCCCCCCCC/C=C/C(O)C(CO)NC(=O)CCCCCCCCCCCCCCCCCCCCCCCCCCCCCCCCCCCCCCCCCOC(=O)CCCCCCCCCCCCC. The third kappa shape index (κ3) is 65.7. The summed E-state index contributed by atoms with van der Waals surface area (Å²) in [7, 11) is 0. The molecule has 0 rings (SSSR count). The number of esters is 1. The van der Waals surface area contributed by atoms with Crippen molar-refractivity contribution in [2.24, 2.45) is 0 Å². The zero-order valence-electron chi connectivity index (χ0n) is 54.6. The molecule has 0 aromatic carbocycles. The standard InChI is InChI=1S/C74H145NO5/c1-3-5-7-9-11-13-15-43-47-50-54-58-62-66-72(77)71(70-76)75-73(78)67-63-59-55-51-48-44-41-39-37-35-33-31-29-27-25-23-21-19-17-16-18-20-22-24-26-28-30-32-34-36-38-40-42-45-49-53-57-61-65-69-80-74(79)68-64-60-56-52-46-14-12-10-8-6-4-2/h62,66,71-72,76-77H,3-61,63-65,67-70H2,1-2H3,(H,75,78)/b66-62+. The Morgan fingerprint density at radius 1 is 0.338 bits per heavy atom. The summed E-state index contributed by atoms with van der Waals surface area (Å²) >= 11 is 0. The zero-order chi connectivity index (χ0) is 57.8. The van der Waals surface area contributed by atoms with Crippen molar-refractivity contribution in [3.8, 4) is 0 Å². The molecule has 0 bridgehead atoms. The van der Waals surface area contributed by atoms with Gasteiger partial charge in [-0.2, -0.15) is 0 Å². The second-order valence-corrected chi connectivity index (χ2v) is 25.6. The lowest BCUT2D eigenvalue weighted by atomic mass is 10.0. The van der Waals surface area contributed by atoms with E-state index < -0.39 is 12.1 Å². The fourth-order valence-corrected chi connectivity index (χ4v) is 11.9. The molecule has 0 aliphatic carbocycles. The Morgan fingerprint density at radius 3 is 0.850 bits per heavy atom. The van der Waals surface area contributed by atoms with Gasteiger partial charge in [0.25, 0.3) is 0 Å². The molecule has 3 N–H and O–H groups in total. The molecule has 0 aliphatic rings. The van der Waals surface area contributed by atoms with Gasteiger partial charge in [-0.3, -0.25) is 9.59 Å². The first-order valence-corrected chi connectivity index (χ1v) is 37.0. The molecule has 0 aliphatic heterocycles. The molecule has 476 valence electrons. The van der Waals surface area contributed by atoms with Crippen LogP contribution < -0.4 is 5.32 Å². The van der Waals surface area contributed by atoms with Gasteiger partial charge in [0.1, 0.15) is 0 Å². The van der Waals surface area contributed by atoms with E-state index in [9.17, 15) is 19.8 Å². The van der Waals surface area contributed by atoms with Crippen LogP contribution in [0.15, 0.2) is 12.2 Å². The normalized spacial score (nSPS) is 12.5. The van der Waals surface area contributed by atoms with Gasteiger partial charge in [-0.25, -0.2) is 0 Å². The minimum Gasteiger partial charge on any atom is -0.466 e. The summed E-state index contributed by atoms with van der Waals surface area (Å²) in [5.41, 5.74) is 0. The second kappa shape index (κ2) is 70.1. The molecule has 0 heterocycles. The van der Waals surface area contributed by atoms with Crippen LogP contribution in [0.4, 0.5) is 0 Å². The van der Waals surface area contributed by atoms with E-state index in [1.165, 1.54) is 360 Å². The van der Waals surface area contributed by atoms with E-state index in [1.807, 2.05) is 6.08 Å². The Labute approximate surface area is 501 Å². The Balaban J connectivity index is 3.28. The summed E-state index contributed by atoms with van der Waals surface area (Å²) in [5.74, 6) is -0.0354. The number of allylic oxidation sites excluding steroid dienone is 1. The zero-order valence-corrected chi connectivity index (χ0v) is 54.6. The van der Waals surface area contributed by atoms with Crippen LogP contribution in [0, 0.1) is 0 Å². The Hall–Kier alpha value is -1.40. The number of amides is 1. The van der Waals surface area contributed by atoms with Gasteiger partial charge in [0.15, 0.2) is 0 Å². The van der Waals surface area contributed by atoms with Gasteiger partial charge in [0, 0.05) is 12.8 Å². The molecule has 6 nitrogen and oxygen atoms in total. The number of nitrogens with one attached hydrogen (secondary N) is 1. The molecule has 2 atom stereocenters. The number of carbonyl (C=O) groups excluding carboxylic acids is 2. The first-order valence-electron chi connectivity index (χ1n) is 37.0. The maximum absolute atomic E-state index is 12.5. The maximum atomic E-state index is 12.5. The van der Waals surface area contributed by atoms with Crippen molar-refractivity contribution in [1.82, 2.24) is 5.32 Å². The van der Waals surface area contributed by atoms with Gasteiger partial charge in [-0.1, -0.05) is 392 Å². The topological polar surface area (TPSA) is 95.9 Å². The van der Waals surface area contributed by atoms with Crippen LogP contribution in [0.1, 0.15) is 425 Å². The van der Waals surface area contributed by atoms with Gasteiger partial charge in [-0.15, -0.1) is 0 Å². The first-order chi connectivity index (χ1) is 39.5. The highest BCUT2D eigenvalue weighted by Gasteiger charge is 2.18. The molecular weight excluding hydrogens is 983 g/mol. The van der Waals surface area contributed by atoms with Crippen LogP contribution in [0.3, 0.4) is 0 Å². The molecule has 0 aromatic heterocycles. The largest absolute Gasteiger partial charge is 0.466 e. The molecule has 6 heteroatoms. The van der Waals surface area contributed by atoms with E-state index >= 15 is 0 Å². The molecule has 0 saturated carbocycles. The van der Waals surface area contributed by atoms with Crippen LogP contribution in [-0.4, -0.2) is 47.4 Å². The van der Waals surface area contributed by atoms with Crippen LogP contribution in [0.25, 0.3) is 0 Å². The van der Waals surface area contributed by atoms with E-state index in [-0.39, 0.29) is 18.5 Å². The molecular formula is C74H145NO5. The third-order valence-electron chi connectivity index (χ3n) is 17.6. The van der Waals surface area contributed by atoms with Crippen LogP contribution in [0.5, 0.6) is 0 Å². The number of rotatable bonds is 70. The lowest BCUT2D eigenvalue weighted by Gasteiger charge is -2.20. The predicted octanol–water partition coefficient (Wildman–Crippen LogP) is 23.9. The number of hydrogen-bond donors (Lipinski definition) is 3. The highest BCUT2D eigenvalue weighted by molar-refractivity contribution is 5.76. The van der Waals surface area contributed by atoms with Crippen LogP contribution in [0.2, 0.25) is 0 Å². The van der Waals surface area contributed by atoms with Crippen molar-refractivity contribution in [3.63, 3.8) is 0 Å². The quantitative estimate of drug-likeness (QED) is 0.0320. The van der Waals surface area contributed by atoms with Gasteiger partial charge in [0.05, 0.1) is 25.4 Å². The van der Waals surface area contributed by atoms with Crippen molar-refractivity contribution in [1.29, 1.82) is 0 Å². The maximum Gasteiger partial charge on any atom is 0.305 e. The van der Waals surface area contributed by atoms with Crippen LogP contribution in [-0.2, 0) is 14.3 Å². The van der Waals surface area contributed by atoms with Crippen molar-refractivity contribution in [2.45, 2.75) is 437 Å². The highest BCUT2D eigenvalue weighted by atomic mass is 16.5. The number of aliphatic hydroxyl groups excluding tert-OH is 2. The summed E-state index contributed by atoms with van der Waals surface area (Å²) < 4.78 is 5.48. The summed E-state index contributed by atoms with van der Waals surface area (Å²) in [6.07, 6.45) is 87.6. The van der Waals surface area contributed by atoms with E-state index in [1.54, 1.807) is 6.08 Å². The van der Waals surface area contributed by atoms with Gasteiger partial charge < -0.3 is 20.3 Å². The highest BCUT2D eigenvalue weighted by Crippen LogP contribution is 2.20. The second-order valence-electron chi connectivity index (χ2n) is 25.6. The minimum absolute atomic E-state index is 0.0243. The fourth-order valence-electron chi connectivity index (χ4n) is 11.9. The summed E-state index contributed by atoms with van der Waals surface area (Å²) in [4.78, 5) is 24.5. The molecule has 1 amide bonds. The lowest BCUT2D eigenvalue weighted by Crippen LogP contribution is -2.45. The van der Waals surface area contributed by atoms with Crippen molar-refractivity contribution in [2.75, 3.05) is 13.2 Å². The Kier molecular flexibility index (Phi) is 68.9. The third-order valence-corrected chi connectivity index (χ3v) is 17.6. The smallest absolute Gasteiger partial charge is 0.305 e. The number of unbranched alkanes of at least 4 members (excludes halogenated alkanes) is 59. The average molecular weight is 1130 g/mol. The monoisotopic (exact) mass is 1130 g/mol. The lowest BCUT2D eigenvalue weighted by molar-refractivity contribution is -0.143. The van der Waals surface area contributed by atoms with E-state index in [4.69, 9.17) is 4.74 Å². The molecule has 80 heavy (non-hydrogen) atoms. The number of aliphatic hydroxyl groups is 2. The predicted molar refractivity (Wildman–Crippen MR) is 352 cm³/mol. The van der Waals surface area contributed by atoms with Gasteiger partial charge >= 0.3 is 5.97 Å². The van der Waals surface area contributed by atoms with E-state index in [0.717, 1.165) is 38.5 Å². The van der Waals surface area contributed by atoms with Crippen molar-refractivity contribution >= 4 is 11.9 Å². The Bertz CT molecular complexity index is 1210. The van der Waals surface area contributed by atoms with Crippen molar-refractivity contribution in [3.05, 3.63) is 12.2 Å². The molecule has 0 spiro atoms.